The highest BCUT2D eigenvalue weighted by atomic mass is 32.2. The van der Waals surface area contributed by atoms with Gasteiger partial charge in [-0.2, -0.15) is 0 Å². The maximum Gasteiger partial charge on any atom is 0.241 e. The maximum atomic E-state index is 12.3. The van der Waals surface area contributed by atoms with E-state index in [9.17, 15) is 8.42 Å². The zero-order valence-electron chi connectivity index (χ0n) is 10.1. The van der Waals surface area contributed by atoms with Crippen LogP contribution in [0, 0.1) is 0 Å². The number of benzene rings is 1. The van der Waals surface area contributed by atoms with Gasteiger partial charge in [-0.05, 0) is 25.0 Å². The molecule has 0 atom stereocenters. The van der Waals surface area contributed by atoms with Crippen LogP contribution < -0.4 is 10.5 Å². The molecule has 1 fully saturated rings. The topological polar surface area (TPSA) is 81.4 Å². The highest BCUT2D eigenvalue weighted by Crippen LogP contribution is 2.22. The lowest BCUT2D eigenvalue weighted by molar-refractivity contribution is 0.0502. The third-order valence-electron chi connectivity index (χ3n) is 3.25. The fraction of sp³-hybridized carbons (Fsp3) is 0.500. The number of ether oxygens (including phenoxy) is 1. The monoisotopic (exact) mass is 270 g/mol. The number of hydrogen-bond donors (Lipinski definition) is 2. The second-order valence-corrected chi connectivity index (χ2v) is 6.20. The first-order valence-corrected chi connectivity index (χ1v) is 7.43. The van der Waals surface area contributed by atoms with E-state index in [0.717, 1.165) is 0 Å². The quantitative estimate of drug-likeness (QED) is 0.833. The van der Waals surface area contributed by atoms with Gasteiger partial charge in [0.05, 0.1) is 4.90 Å². The highest BCUT2D eigenvalue weighted by molar-refractivity contribution is 7.89. The van der Waals surface area contributed by atoms with Crippen molar-refractivity contribution in [2.24, 2.45) is 5.73 Å². The average Bonchev–Trinajstić information content (AvgIpc) is 2.40. The Bertz CT molecular complexity index is 481. The molecule has 0 aromatic heterocycles. The third-order valence-corrected chi connectivity index (χ3v) is 4.84. The van der Waals surface area contributed by atoms with E-state index in [1.54, 1.807) is 30.3 Å². The first kappa shape index (κ1) is 13.5. The van der Waals surface area contributed by atoms with Gasteiger partial charge in [0.2, 0.25) is 10.0 Å². The summed E-state index contributed by atoms with van der Waals surface area (Å²) in [6.45, 7) is 1.35. The minimum Gasteiger partial charge on any atom is -0.381 e. The van der Waals surface area contributed by atoms with Crippen LogP contribution in [-0.4, -0.2) is 33.7 Å². The molecule has 1 heterocycles. The molecule has 0 spiro atoms. The van der Waals surface area contributed by atoms with Crippen molar-refractivity contribution < 1.29 is 13.2 Å². The van der Waals surface area contributed by atoms with E-state index >= 15 is 0 Å². The molecule has 1 aromatic carbocycles. The zero-order valence-corrected chi connectivity index (χ0v) is 10.9. The summed E-state index contributed by atoms with van der Waals surface area (Å²) in [5, 5.41) is 0. The van der Waals surface area contributed by atoms with Gasteiger partial charge in [-0.3, -0.25) is 0 Å². The summed E-state index contributed by atoms with van der Waals surface area (Å²) in [4.78, 5) is 0.268. The standard InChI is InChI=1S/C12H18N2O3S/c13-10-12(6-8-17-9-7-12)14-18(15,16)11-4-2-1-3-5-11/h1-5,14H,6-10,13H2. The van der Waals surface area contributed by atoms with E-state index in [1.807, 2.05) is 0 Å². The third kappa shape index (κ3) is 2.89. The van der Waals surface area contributed by atoms with Gasteiger partial charge in [0.1, 0.15) is 0 Å². The molecule has 5 nitrogen and oxygen atoms in total. The predicted molar refractivity (Wildman–Crippen MR) is 68.6 cm³/mol. The number of sulfonamides is 1. The summed E-state index contributed by atoms with van der Waals surface area (Å²) in [5.74, 6) is 0. The SMILES string of the molecule is NCC1(NS(=O)(=O)c2ccccc2)CCOCC1. The Morgan fingerprint density at radius 3 is 2.39 bits per heavy atom. The van der Waals surface area contributed by atoms with Gasteiger partial charge in [0, 0.05) is 25.3 Å². The molecule has 2 rings (SSSR count). The molecule has 0 saturated carbocycles. The molecule has 1 aromatic rings. The minimum atomic E-state index is -3.52. The lowest BCUT2D eigenvalue weighted by Gasteiger charge is -2.36. The van der Waals surface area contributed by atoms with Crippen LogP contribution in [0.2, 0.25) is 0 Å². The fourth-order valence-electron chi connectivity index (χ4n) is 2.05. The Morgan fingerprint density at radius 2 is 1.83 bits per heavy atom. The molecule has 0 unspecified atom stereocenters. The molecule has 0 bridgehead atoms. The highest BCUT2D eigenvalue weighted by Gasteiger charge is 2.35. The number of hydrogen-bond acceptors (Lipinski definition) is 4. The van der Waals surface area contributed by atoms with Gasteiger partial charge >= 0.3 is 0 Å². The Labute approximate surface area is 107 Å². The molecule has 0 amide bonds. The van der Waals surface area contributed by atoms with E-state index in [1.165, 1.54) is 0 Å². The van der Waals surface area contributed by atoms with Crippen LogP contribution >= 0.6 is 0 Å². The zero-order chi connectivity index (χ0) is 13.1. The van der Waals surface area contributed by atoms with Crippen molar-refractivity contribution in [3.63, 3.8) is 0 Å². The normalized spacial score (nSPS) is 19.6. The fourth-order valence-corrected chi connectivity index (χ4v) is 3.54. The van der Waals surface area contributed by atoms with Crippen LogP contribution in [0.4, 0.5) is 0 Å². The molecule has 3 N–H and O–H groups in total. The molecule has 1 aliphatic heterocycles. The first-order valence-electron chi connectivity index (χ1n) is 5.95. The van der Waals surface area contributed by atoms with Gasteiger partial charge in [-0.1, -0.05) is 18.2 Å². The van der Waals surface area contributed by atoms with E-state index in [0.29, 0.717) is 26.1 Å². The lowest BCUT2D eigenvalue weighted by atomic mass is 9.92. The second-order valence-electron chi connectivity index (χ2n) is 4.52. The summed E-state index contributed by atoms with van der Waals surface area (Å²) in [6.07, 6.45) is 1.21. The minimum absolute atomic E-state index is 0.268. The number of rotatable bonds is 4. The van der Waals surface area contributed by atoms with E-state index in [2.05, 4.69) is 4.72 Å². The Hall–Kier alpha value is -0.950. The van der Waals surface area contributed by atoms with Gasteiger partial charge < -0.3 is 10.5 Å². The van der Waals surface area contributed by atoms with Crippen molar-refractivity contribution in [2.75, 3.05) is 19.8 Å². The summed E-state index contributed by atoms with van der Waals surface area (Å²) < 4.78 is 32.5. The Kier molecular flexibility index (Phi) is 4.01. The van der Waals surface area contributed by atoms with Gasteiger partial charge in [-0.25, -0.2) is 13.1 Å². The van der Waals surface area contributed by atoms with Crippen LogP contribution in [0.25, 0.3) is 0 Å². The molecule has 18 heavy (non-hydrogen) atoms. The van der Waals surface area contributed by atoms with Crippen molar-refractivity contribution in [1.29, 1.82) is 0 Å². The van der Waals surface area contributed by atoms with E-state index < -0.39 is 15.6 Å². The van der Waals surface area contributed by atoms with Crippen molar-refractivity contribution in [3.05, 3.63) is 30.3 Å². The summed E-state index contributed by atoms with van der Waals surface area (Å²) in [5.41, 5.74) is 5.16. The summed E-state index contributed by atoms with van der Waals surface area (Å²) in [6, 6.07) is 8.34. The van der Waals surface area contributed by atoms with Crippen molar-refractivity contribution in [3.8, 4) is 0 Å². The largest absolute Gasteiger partial charge is 0.381 e. The van der Waals surface area contributed by atoms with Gasteiger partial charge in [0.25, 0.3) is 0 Å². The smallest absolute Gasteiger partial charge is 0.241 e. The number of nitrogens with two attached hydrogens (primary N) is 1. The first-order chi connectivity index (χ1) is 8.58. The summed E-state index contributed by atoms with van der Waals surface area (Å²) >= 11 is 0. The lowest BCUT2D eigenvalue weighted by Crippen LogP contribution is -2.56. The van der Waals surface area contributed by atoms with Crippen LogP contribution in [0.1, 0.15) is 12.8 Å². The van der Waals surface area contributed by atoms with Crippen LogP contribution in [0.3, 0.4) is 0 Å². The summed E-state index contributed by atoms with van der Waals surface area (Å²) in [7, 11) is -3.52. The molecule has 100 valence electrons. The molecule has 1 aliphatic rings. The molecule has 6 heteroatoms. The second kappa shape index (κ2) is 5.36. The predicted octanol–water partition coefficient (Wildman–Crippen LogP) is 0.473. The van der Waals surface area contributed by atoms with Crippen molar-refractivity contribution >= 4 is 10.0 Å². The average molecular weight is 270 g/mol. The molecule has 1 saturated heterocycles. The van der Waals surface area contributed by atoms with E-state index in [4.69, 9.17) is 10.5 Å². The number of nitrogens with one attached hydrogen (secondary N) is 1. The maximum absolute atomic E-state index is 12.3. The Morgan fingerprint density at radius 1 is 1.22 bits per heavy atom. The van der Waals surface area contributed by atoms with E-state index in [-0.39, 0.29) is 11.4 Å². The molecular weight excluding hydrogens is 252 g/mol. The molecule has 0 radical (unpaired) electrons. The van der Waals surface area contributed by atoms with Crippen molar-refractivity contribution in [1.82, 2.24) is 4.72 Å². The molecule has 0 aliphatic carbocycles. The van der Waals surface area contributed by atoms with Gasteiger partial charge in [0.15, 0.2) is 0 Å². The van der Waals surface area contributed by atoms with Crippen LogP contribution in [0.15, 0.2) is 35.2 Å². The van der Waals surface area contributed by atoms with Crippen molar-refractivity contribution in [2.45, 2.75) is 23.3 Å². The Balaban J connectivity index is 2.21. The van der Waals surface area contributed by atoms with Gasteiger partial charge in [-0.15, -0.1) is 0 Å². The van der Waals surface area contributed by atoms with Crippen LogP contribution in [0.5, 0.6) is 0 Å². The van der Waals surface area contributed by atoms with Crippen LogP contribution in [-0.2, 0) is 14.8 Å². The molecular formula is C12H18N2O3S.